The molecule has 12 heteroatoms. The first-order valence-electron chi connectivity index (χ1n) is 15.6. The predicted octanol–water partition coefficient (Wildman–Crippen LogP) is 2.29. The molecule has 1 unspecified atom stereocenters. The number of cyclic esters (lactones) is 1. The number of methoxy groups -OCH3 is 1. The molecule has 2 aliphatic heterocycles. The average Bonchev–Trinajstić information content (AvgIpc) is 2.95. The van der Waals surface area contributed by atoms with Gasteiger partial charge in [-0.05, 0) is 61.1 Å². The van der Waals surface area contributed by atoms with Crippen molar-refractivity contribution in [1.29, 1.82) is 0 Å². The van der Waals surface area contributed by atoms with Crippen molar-refractivity contribution in [3.63, 3.8) is 0 Å². The molecule has 0 aromatic rings. The predicted molar refractivity (Wildman–Crippen MR) is 160 cm³/mol. The minimum absolute atomic E-state index is 0.0669. The van der Waals surface area contributed by atoms with E-state index in [4.69, 9.17) is 23.7 Å². The van der Waals surface area contributed by atoms with Crippen molar-refractivity contribution in [3.05, 3.63) is 0 Å². The molecule has 0 saturated carbocycles. The number of esters is 2. The van der Waals surface area contributed by atoms with E-state index in [-0.39, 0.29) is 30.8 Å². The standard InChI is InChI=1S/C32H55NO11/c1-13-23-32(9,39)27(37)18(4)24(35)16(2)15-31(8,40-12)28(19(5)25(36)20(6)29(38)43-23)44-30-26(42-21(7)34)22(33(10)11)14-17(3)41-30/h16-20,22-23,26-28,30,37,39H,13-15H2,1-12H3/t16-,17-,18+,19?,20-,22+,23-,26-,27-,28-,30+,31-,32-/m1/s1. The fraction of sp³-hybridized carbons (Fsp3) is 0.875. The average molecular weight is 630 g/mol. The lowest BCUT2D eigenvalue weighted by Crippen LogP contribution is -2.60. The molecule has 2 fully saturated rings. The van der Waals surface area contributed by atoms with Gasteiger partial charge >= 0.3 is 11.9 Å². The molecule has 2 N–H and O–H groups in total. The molecular weight excluding hydrogens is 574 g/mol. The summed E-state index contributed by atoms with van der Waals surface area (Å²) in [6.07, 6.45) is -5.28. The summed E-state index contributed by atoms with van der Waals surface area (Å²) in [7, 11) is 5.16. The second kappa shape index (κ2) is 15.1. The zero-order valence-corrected chi connectivity index (χ0v) is 28.5. The number of nitrogens with zero attached hydrogens (tertiary/aromatic N) is 1. The van der Waals surface area contributed by atoms with E-state index in [1.54, 1.807) is 27.7 Å². The van der Waals surface area contributed by atoms with Crippen LogP contribution in [0.1, 0.15) is 81.6 Å². The Kier molecular flexibility index (Phi) is 13.1. The van der Waals surface area contributed by atoms with Gasteiger partial charge in [0.05, 0.1) is 30.0 Å². The Hall–Kier alpha value is -1.96. The highest BCUT2D eigenvalue weighted by Crippen LogP contribution is 2.38. The smallest absolute Gasteiger partial charge is 0.316 e. The van der Waals surface area contributed by atoms with Crippen molar-refractivity contribution in [2.45, 2.75) is 136 Å². The van der Waals surface area contributed by atoms with Crippen LogP contribution in [0, 0.1) is 23.7 Å². The van der Waals surface area contributed by atoms with E-state index in [2.05, 4.69) is 0 Å². The molecule has 13 atom stereocenters. The van der Waals surface area contributed by atoms with Gasteiger partial charge < -0.3 is 38.8 Å². The van der Waals surface area contributed by atoms with Crippen LogP contribution in [0.5, 0.6) is 0 Å². The Morgan fingerprint density at radius 2 is 1.64 bits per heavy atom. The zero-order valence-electron chi connectivity index (χ0n) is 28.5. The number of carbonyl (C=O) groups excluding carboxylic acids is 4. The Balaban J connectivity index is 2.68. The van der Waals surface area contributed by atoms with Crippen LogP contribution in [0.3, 0.4) is 0 Å². The number of ketones is 2. The van der Waals surface area contributed by atoms with Crippen LogP contribution in [0.25, 0.3) is 0 Å². The summed E-state index contributed by atoms with van der Waals surface area (Å²) in [4.78, 5) is 55.0. The van der Waals surface area contributed by atoms with E-state index in [9.17, 15) is 29.4 Å². The number of hydrogen-bond acceptors (Lipinski definition) is 12. The Bertz CT molecular complexity index is 1030. The summed E-state index contributed by atoms with van der Waals surface area (Å²) >= 11 is 0. The number of likely N-dealkylation sites (N-methyl/N-ethyl adjacent to an activating group) is 1. The van der Waals surface area contributed by atoms with Gasteiger partial charge in [-0.3, -0.25) is 19.2 Å². The summed E-state index contributed by atoms with van der Waals surface area (Å²) in [6.45, 7) is 14.1. The van der Waals surface area contributed by atoms with Gasteiger partial charge in [-0.1, -0.05) is 27.7 Å². The van der Waals surface area contributed by atoms with Gasteiger partial charge in [0.2, 0.25) is 0 Å². The van der Waals surface area contributed by atoms with Gasteiger partial charge in [-0.15, -0.1) is 0 Å². The van der Waals surface area contributed by atoms with Gasteiger partial charge in [0.25, 0.3) is 0 Å². The molecule has 0 aliphatic carbocycles. The molecule has 2 saturated heterocycles. The maximum absolute atomic E-state index is 13.9. The highest BCUT2D eigenvalue weighted by molar-refractivity contribution is 6.00. The molecule has 0 aromatic heterocycles. The summed E-state index contributed by atoms with van der Waals surface area (Å²) in [5.41, 5.74) is -3.26. The largest absolute Gasteiger partial charge is 0.459 e. The maximum atomic E-state index is 13.9. The van der Waals surface area contributed by atoms with Crippen LogP contribution in [0.4, 0.5) is 0 Å². The first-order valence-corrected chi connectivity index (χ1v) is 15.6. The molecule has 2 aliphatic rings. The first-order chi connectivity index (χ1) is 20.2. The van der Waals surface area contributed by atoms with Crippen LogP contribution >= 0.6 is 0 Å². The summed E-state index contributed by atoms with van der Waals surface area (Å²) in [5.74, 6) is -6.24. The van der Waals surface area contributed by atoms with Gasteiger partial charge in [-0.25, -0.2) is 0 Å². The Morgan fingerprint density at radius 3 is 2.14 bits per heavy atom. The van der Waals surface area contributed by atoms with Crippen molar-refractivity contribution in [3.8, 4) is 0 Å². The van der Waals surface area contributed by atoms with Crippen LogP contribution in [0.15, 0.2) is 0 Å². The van der Waals surface area contributed by atoms with Crippen LogP contribution in [-0.4, -0.2) is 114 Å². The minimum Gasteiger partial charge on any atom is -0.459 e. The second-order valence-corrected chi connectivity index (χ2v) is 13.4. The van der Waals surface area contributed by atoms with E-state index in [1.165, 1.54) is 34.8 Å². The lowest BCUT2D eigenvalue weighted by atomic mass is 9.74. The van der Waals surface area contributed by atoms with E-state index in [0.29, 0.717) is 6.42 Å². The maximum Gasteiger partial charge on any atom is 0.316 e. The SMILES string of the molecule is CC[C@H]1OC(=O)[C@H](C)C(=O)C(C)[C@@H](O[C@@H]2O[C@H](C)C[C@H](N(C)C)[C@H]2OC(C)=O)[C@](C)(OC)C[C@@H](C)C(=O)[C@H](C)[C@@H](O)[C@]1(C)O. The zero-order chi connectivity index (χ0) is 33.9. The highest BCUT2D eigenvalue weighted by Gasteiger charge is 2.52. The molecule has 12 nitrogen and oxygen atoms in total. The second-order valence-electron chi connectivity index (χ2n) is 13.4. The number of carbonyl (C=O) groups is 4. The first kappa shape index (κ1) is 38.2. The molecule has 254 valence electrons. The Morgan fingerprint density at radius 1 is 1.05 bits per heavy atom. The molecule has 0 radical (unpaired) electrons. The molecule has 0 bridgehead atoms. The summed E-state index contributed by atoms with van der Waals surface area (Å²) < 4.78 is 30.1. The number of aliphatic hydroxyl groups is 2. The van der Waals surface area contributed by atoms with E-state index in [1.807, 2.05) is 25.9 Å². The molecular formula is C32H55NO11. The minimum atomic E-state index is -1.96. The number of aliphatic hydroxyl groups excluding tert-OH is 1. The monoisotopic (exact) mass is 629 g/mol. The number of rotatable bonds is 6. The normalized spacial score (nSPS) is 43.3. The molecule has 44 heavy (non-hydrogen) atoms. The third-order valence-corrected chi connectivity index (χ3v) is 9.58. The molecule has 0 aromatic carbocycles. The van der Waals surface area contributed by atoms with Gasteiger partial charge in [0.15, 0.2) is 18.2 Å². The van der Waals surface area contributed by atoms with Crippen molar-refractivity contribution in [2.75, 3.05) is 21.2 Å². The van der Waals surface area contributed by atoms with Gasteiger partial charge in [-0.2, -0.15) is 0 Å². The van der Waals surface area contributed by atoms with E-state index in [0.717, 1.165) is 0 Å². The van der Waals surface area contributed by atoms with Crippen molar-refractivity contribution < 1.29 is 53.1 Å². The van der Waals surface area contributed by atoms with Crippen molar-refractivity contribution in [1.82, 2.24) is 4.90 Å². The lowest BCUT2D eigenvalue weighted by molar-refractivity contribution is -0.298. The van der Waals surface area contributed by atoms with Crippen LogP contribution < -0.4 is 0 Å². The summed E-state index contributed by atoms with van der Waals surface area (Å²) in [6, 6.07) is -0.263. The molecule has 0 amide bonds. The van der Waals surface area contributed by atoms with Crippen LogP contribution in [-0.2, 0) is 42.9 Å². The van der Waals surface area contributed by atoms with Gasteiger partial charge in [0.1, 0.15) is 23.4 Å². The summed E-state index contributed by atoms with van der Waals surface area (Å²) in [5, 5.41) is 22.4. The third-order valence-electron chi connectivity index (χ3n) is 9.58. The lowest BCUT2D eigenvalue weighted by Gasteiger charge is -2.47. The third kappa shape index (κ3) is 8.24. The topological polar surface area (TPSA) is 158 Å². The van der Waals surface area contributed by atoms with Crippen LogP contribution in [0.2, 0.25) is 0 Å². The fourth-order valence-electron chi connectivity index (χ4n) is 6.74. The van der Waals surface area contributed by atoms with Crippen molar-refractivity contribution in [2.24, 2.45) is 23.7 Å². The van der Waals surface area contributed by atoms with Crippen molar-refractivity contribution >= 4 is 23.5 Å². The van der Waals surface area contributed by atoms with E-state index < -0.39 is 83.3 Å². The molecule has 0 spiro atoms. The number of Topliss-reactive ketones (excluding diaryl/α,β-unsaturated/α-hetero) is 2. The number of hydrogen-bond donors (Lipinski definition) is 2. The fourth-order valence-corrected chi connectivity index (χ4v) is 6.74. The Labute approximate surface area is 262 Å². The van der Waals surface area contributed by atoms with E-state index >= 15 is 0 Å². The quantitative estimate of drug-likeness (QED) is 0.327. The molecule has 2 rings (SSSR count). The molecule has 2 heterocycles. The number of ether oxygens (including phenoxy) is 5. The van der Waals surface area contributed by atoms with Gasteiger partial charge in [0, 0.05) is 31.8 Å². The highest BCUT2D eigenvalue weighted by atomic mass is 16.7.